The van der Waals surface area contributed by atoms with Crippen LogP contribution in [0.4, 0.5) is 14.5 Å². The standard InChI is InChI=1S/C21H23F2N7O/c1-12(2)29-16-6-18(30-19-14(9-28-30)5-13(7-24)8-26-19)25-10-15(16)20(31)27-11-17(22)21(3,4)23/h5-6,8-10,12,17H,11H2,1-4H3,(H,25,29)(H,27,31). The molecule has 0 saturated carbocycles. The van der Waals surface area contributed by atoms with Gasteiger partial charge in [0, 0.05) is 29.9 Å². The number of rotatable bonds is 7. The normalized spacial score (nSPS) is 12.6. The van der Waals surface area contributed by atoms with E-state index in [1.807, 2.05) is 19.9 Å². The monoisotopic (exact) mass is 427 g/mol. The maximum atomic E-state index is 13.9. The van der Waals surface area contributed by atoms with Gasteiger partial charge in [0.2, 0.25) is 0 Å². The summed E-state index contributed by atoms with van der Waals surface area (Å²) in [7, 11) is 0. The lowest BCUT2D eigenvalue weighted by Gasteiger charge is -2.20. The molecule has 8 nitrogen and oxygen atoms in total. The van der Waals surface area contributed by atoms with Crippen LogP contribution in [0.15, 0.2) is 30.7 Å². The van der Waals surface area contributed by atoms with E-state index in [4.69, 9.17) is 5.26 Å². The lowest BCUT2D eigenvalue weighted by atomic mass is 10.1. The Morgan fingerprint density at radius 2 is 2.00 bits per heavy atom. The second kappa shape index (κ2) is 8.63. The van der Waals surface area contributed by atoms with Crippen LogP contribution in [0.1, 0.15) is 43.6 Å². The Kier molecular flexibility index (Phi) is 6.15. The van der Waals surface area contributed by atoms with Crippen molar-refractivity contribution in [2.75, 3.05) is 11.9 Å². The van der Waals surface area contributed by atoms with E-state index in [1.54, 1.807) is 18.3 Å². The van der Waals surface area contributed by atoms with E-state index in [0.717, 1.165) is 13.8 Å². The summed E-state index contributed by atoms with van der Waals surface area (Å²) in [5.41, 5.74) is -0.489. The Balaban J connectivity index is 1.93. The molecular weight excluding hydrogens is 404 g/mol. The molecule has 1 amide bonds. The van der Waals surface area contributed by atoms with Crippen LogP contribution in [-0.4, -0.2) is 50.1 Å². The molecule has 0 fully saturated rings. The van der Waals surface area contributed by atoms with E-state index < -0.39 is 24.3 Å². The molecule has 0 aliphatic rings. The summed E-state index contributed by atoms with van der Waals surface area (Å²) in [6.07, 6.45) is 2.52. The zero-order valence-electron chi connectivity index (χ0n) is 17.6. The summed E-state index contributed by atoms with van der Waals surface area (Å²) in [6.45, 7) is 5.58. The molecule has 0 spiro atoms. The fourth-order valence-corrected chi connectivity index (χ4v) is 2.84. The molecule has 10 heteroatoms. The molecule has 0 bridgehead atoms. The molecule has 2 N–H and O–H groups in total. The molecular formula is C21H23F2N7O. The summed E-state index contributed by atoms with van der Waals surface area (Å²) >= 11 is 0. The van der Waals surface area contributed by atoms with Crippen LogP contribution >= 0.6 is 0 Å². The van der Waals surface area contributed by atoms with Crippen LogP contribution in [0, 0.1) is 11.3 Å². The Labute approximate surface area is 178 Å². The van der Waals surface area contributed by atoms with E-state index >= 15 is 0 Å². The minimum Gasteiger partial charge on any atom is -0.382 e. The number of hydrogen-bond donors (Lipinski definition) is 2. The number of pyridine rings is 2. The van der Waals surface area contributed by atoms with E-state index in [0.29, 0.717) is 28.1 Å². The van der Waals surface area contributed by atoms with Crippen molar-refractivity contribution in [2.45, 2.75) is 45.6 Å². The highest BCUT2D eigenvalue weighted by Gasteiger charge is 2.29. The lowest BCUT2D eigenvalue weighted by molar-refractivity contribution is 0.0759. The van der Waals surface area contributed by atoms with Gasteiger partial charge in [-0.2, -0.15) is 15.0 Å². The van der Waals surface area contributed by atoms with Gasteiger partial charge < -0.3 is 10.6 Å². The molecule has 0 aromatic carbocycles. The highest BCUT2D eigenvalue weighted by Crippen LogP contribution is 2.23. The van der Waals surface area contributed by atoms with Crippen molar-refractivity contribution in [3.63, 3.8) is 0 Å². The number of amides is 1. The van der Waals surface area contributed by atoms with Gasteiger partial charge in [-0.05, 0) is 33.8 Å². The Morgan fingerprint density at radius 1 is 1.26 bits per heavy atom. The molecule has 3 rings (SSSR count). The van der Waals surface area contributed by atoms with Crippen molar-refractivity contribution in [3.8, 4) is 11.9 Å². The van der Waals surface area contributed by atoms with Crippen molar-refractivity contribution >= 4 is 22.6 Å². The molecule has 3 aromatic heterocycles. The van der Waals surface area contributed by atoms with Crippen molar-refractivity contribution in [2.24, 2.45) is 0 Å². The first kappa shape index (κ1) is 22.1. The summed E-state index contributed by atoms with van der Waals surface area (Å²) in [4.78, 5) is 21.2. The summed E-state index contributed by atoms with van der Waals surface area (Å²) in [5, 5.41) is 19.6. The minimum absolute atomic E-state index is 0.00817. The first-order valence-electron chi connectivity index (χ1n) is 9.72. The molecule has 0 saturated heterocycles. The van der Waals surface area contributed by atoms with Gasteiger partial charge in [0.15, 0.2) is 17.6 Å². The molecule has 162 valence electrons. The molecule has 0 aliphatic heterocycles. The van der Waals surface area contributed by atoms with Gasteiger partial charge in [-0.25, -0.2) is 18.7 Å². The molecule has 0 radical (unpaired) electrons. The van der Waals surface area contributed by atoms with E-state index in [9.17, 15) is 13.6 Å². The third-order valence-electron chi connectivity index (χ3n) is 4.52. The fourth-order valence-electron chi connectivity index (χ4n) is 2.84. The second-order valence-electron chi connectivity index (χ2n) is 7.93. The second-order valence-corrected chi connectivity index (χ2v) is 7.93. The molecule has 3 heterocycles. The van der Waals surface area contributed by atoms with E-state index in [2.05, 4.69) is 25.7 Å². The third-order valence-corrected chi connectivity index (χ3v) is 4.52. The topological polar surface area (TPSA) is 109 Å². The number of carbonyl (C=O) groups excluding carboxylic acids is 1. The number of alkyl halides is 2. The highest BCUT2D eigenvalue weighted by atomic mass is 19.2. The van der Waals surface area contributed by atoms with E-state index in [-0.39, 0.29) is 11.6 Å². The van der Waals surface area contributed by atoms with Crippen LogP contribution < -0.4 is 10.6 Å². The summed E-state index contributed by atoms with van der Waals surface area (Å²) in [5.74, 6) is -0.170. The van der Waals surface area contributed by atoms with Crippen LogP contribution in [0.3, 0.4) is 0 Å². The average Bonchev–Trinajstić information content (AvgIpc) is 3.13. The summed E-state index contributed by atoms with van der Waals surface area (Å²) < 4.78 is 29.1. The fraction of sp³-hybridized carbons (Fsp3) is 0.381. The first-order valence-corrected chi connectivity index (χ1v) is 9.72. The predicted octanol–water partition coefficient (Wildman–Crippen LogP) is 3.32. The molecule has 1 atom stereocenters. The van der Waals surface area contributed by atoms with Gasteiger partial charge in [-0.15, -0.1) is 0 Å². The number of nitriles is 1. The first-order chi connectivity index (χ1) is 14.6. The van der Waals surface area contributed by atoms with Crippen LogP contribution in [-0.2, 0) is 0 Å². The van der Waals surface area contributed by atoms with Crippen molar-refractivity contribution in [1.29, 1.82) is 5.26 Å². The number of carbonyl (C=O) groups is 1. The smallest absolute Gasteiger partial charge is 0.255 e. The van der Waals surface area contributed by atoms with Crippen LogP contribution in [0.2, 0.25) is 0 Å². The molecule has 1 unspecified atom stereocenters. The lowest BCUT2D eigenvalue weighted by Crippen LogP contribution is -2.39. The SMILES string of the molecule is CC(C)Nc1cc(-n2ncc3cc(C#N)cnc32)ncc1C(=O)NCC(F)C(C)(C)F. The number of nitrogens with zero attached hydrogens (tertiary/aromatic N) is 5. The van der Waals surface area contributed by atoms with Gasteiger partial charge in [0.05, 0.1) is 29.6 Å². The Hall–Kier alpha value is -3.61. The minimum atomic E-state index is -2.06. The number of aromatic nitrogens is 4. The molecule has 3 aromatic rings. The Bertz CT molecular complexity index is 1140. The van der Waals surface area contributed by atoms with Crippen LogP contribution in [0.5, 0.6) is 0 Å². The number of fused-ring (bicyclic) bond motifs is 1. The zero-order valence-corrected chi connectivity index (χ0v) is 17.6. The van der Waals surface area contributed by atoms with Gasteiger partial charge in [0.1, 0.15) is 11.7 Å². The summed E-state index contributed by atoms with van der Waals surface area (Å²) in [6, 6.07) is 5.32. The molecule has 31 heavy (non-hydrogen) atoms. The van der Waals surface area contributed by atoms with Crippen molar-refractivity contribution in [1.82, 2.24) is 25.1 Å². The average molecular weight is 427 g/mol. The van der Waals surface area contributed by atoms with Gasteiger partial charge in [-0.1, -0.05) is 0 Å². The number of anilines is 1. The maximum Gasteiger partial charge on any atom is 0.255 e. The Morgan fingerprint density at radius 3 is 2.65 bits per heavy atom. The van der Waals surface area contributed by atoms with E-state index in [1.165, 1.54) is 17.1 Å². The highest BCUT2D eigenvalue weighted by molar-refractivity contribution is 5.99. The maximum absolute atomic E-state index is 13.9. The third kappa shape index (κ3) is 4.94. The van der Waals surface area contributed by atoms with Gasteiger partial charge in [-0.3, -0.25) is 4.79 Å². The predicted molar refractivity (Wildman–Crippen MR) is 113 cm³/mol. The number of nitrogens with one attached hydrogen (secondary N) is 2. The number of halogens is 2. The molecule has 0 aliphatic carbocycles. The largest absolute Gasteiger partial charge is 0.382 e. The van der Waals surface area contributed by atoms with Gasteiger partial charge >= 0.3 is 0 Å². The number of hydrogen-bond acceptors (Lipinski definition) is 6. The zero-order chi connectivity index (χ0) is 22.8. The quantitative estimate of drug-likeness (QED) is 0.599. The van der Waals surface area contributed by atoms with Crippen molar-refractivity contribution < 1.29 is 13.6 Å². The van der Waals surface area contributed by atoms with Gasteiger partial charge in [0.25, 0.3) is 5.91 Å². The van der Waals surface area contributed by atoms with Crippen LogP contribution in [0.25, 0.3) is 16.9 Å². The van der Waals surface area contributed by atoms with Crippen molar-refractivity contribution in [3.05, 3.63) is 41.9 Å².